The van der Waals surface area contributed by atoms with Crippen LogP contribution in [-0.4, -0.2) is 12.1 Å². The van der Waals surface area contributed by atoms with E-state index in [1.54, 1.807) is 6.92 Å². The van der Waals surface area contributed by atoms with Crippen LogP contribution in [0.4, 0.5) is 4.39 Å². The molecule has 0 N–H and O–H groups in total. The molecule has 0 fully saturated rings. The van der Waals surface area contributed by atoms with E-state index in [2.05, 4.69) is 9.72 Å². The molecule has 0 spiro atoms. The Hall–Kier alpha value is -1.12. The fraction of sp³-hybridized carbons (Fsp3) is 0.286. The van der Waals surface area contributed by atoms with E-state index in [4.69, 9.17) is 0 Å². The van der Waals surface area contributed by atoms with Gasteiger partial charge in [0, 0.05) is 11.8 Å². The molecule has 0 saturated heterocycles. The Labute approximate surface area is 58.7 Å². The molecule has 0 aromatic carbocycles. The van der Waals surface area contributed by atoms with Gasteiger partial charge in [-0.3, -0.25) is 4.98 Å². The lowest BCUT2D eigenvalue weighted by molar-refractivity contribution is 0.382. The molecule has 0 bridgehead atoms. The Bertz CT molecular complexity index is 237. The summed E-state index contributed by atoms with van der Waals surface area (Å²) in [5, 5.41) is 0. The molecule has 0 saturated carbocycles. The maximum Gasteiger partial charge on any atom is 0.173 e. The molecule has 10 heavy (non-hydrogen) atoms. The number of nitrogens with zero attached hydrogens (tertiary/aromatic N) is 1. The Kier molecular flexibility index (Phi) is 1.85. The van der Waals surface area contributed by atoms with Crippen molar-refractivity contribution in [3.05, 3.63) is 23.8 Å². The minimum absolute atomic E-state index is 0.194. The SMILES string of the molecule is COc1cncc(C)c1F. The Morgan fingerprint density at radius 2 is 2.20 bits per heavy atom. The Morgan fingerprint density at radius 3 is 2.70 bits per heavy atom. The van der Waals surface area contributed by atoms with Crippen LogP contribution in [0.25, 0.3) is 0 Å². The zero-order valence-corrected chi connectivity index (χ0v) is 5.89. The first-order valence-corrected chi connectivity index (χ1v) is 2.90. The first kappa shape index (κ1) is 6.99. The minimum Gasteiger partial charge on any atom is -0.492 e. The van der Waals surface area contributed by atoms with Gasteiger partial charge in [-0.2, -0.15) is 0 Å². The summed E-state index contributed by atoms with van der Waals surface area (Å²) in [5.74, 6) is -0.141. The monoisotopic (exact) mass is 141 g/mol. The molecule has 1 heterocycles. The molecule has 0 atom stereocenters. The molecule has 0 unspecified atom stereocenters. The van der Waals surface area contributed by atoms with Gasteiger partial charge in [-0.15, -0.1) is 0 Å². The van der Waals surface area contributed by atoms with E-state index in [0.717, 1.165) is 0 Å². The lowest BCUT2D eigenvalue weighted by Gasteiger charge is -2.00. The van der Waals surface area contributed by atoms with Crippen molar-refractivity contribution in [2.24, 2.45) is 0 Å². The topological polar surface area (TPSA) is 22.1 Å². The maximum absolute atomic E-state index is 12.8. The van der Waals surface area contributed by atoms with Gasteiger partial charge in [0.15, 0.2) is 11.6 Å². The predicted molar refractivity (Wildman–Crippen MR) is 35.5 cm³/mol. The van der Waals surface area contributed by atoms with Crippen LogP contribution in [0.1, 0.15) is 5.56 Å². The van der Waals surface area contributed by atoms with Gasteiger partial charge in [-0.1, -0.05) is 0 Å². The number of pyridine rings is 1. The number of hydrogen-bond acceptors (Lipinski definition) is 2. The molecular formula is C7H8FNO. The fourth-order valence-electron chi connectivity index (χ4n) is 0.667. The lowest BCUT2D eigenvalue weighted by Crippen LogP contribution is -1.91. The largest absolute Gasteiger partial charge is 0.492 e. The molecule has 0 aliphatic heterocycles. The summed E-state index contributed by atoms with van der Waals surface area (Å²) in [6.07, 6.45) is 2.81. The van der Waals surface area contributed by atoms with E-state index in [1.165, 1.54) is 19.5 Å². The third-order valence-electron chi connectivity index (χ3n) is 1.24. The summed E-state index contributed by atoms with van der Waals surface area (Å²) < 4.78 is 17.5. The van der Waals surface area contributed by atoms with Gasteiger partial charge >= 0.3 is 0 Å². The zero-order chi connectivity index (χ0) is 7.56. The highest BCUT2D eigenvalue weighted by Gasteiger charge is 2.03. The van der Waals surface area contributed by atoms with Crippen LogP contribution < -0.4 is 4.74 Å². The summed E-state index contributed by atoms with van der Waals surface area (Å²) in [6, 6.07) is 0. The van der Waals surface area contributed by atoms with Crippen molar-refractivity contribution in [3.8, 4) is 5.75 Å². The first-order valence-electron chi connectivity index (χ1n) is 2.90. The fourth-order valence-corrected chi connectivity index (χ4v) is 0.667. The van der Waals surface area contributed by atoms with Crippen LogP contribution in [0.2, 0.25) is 0 Å². The van der Waals surface area contributed by atoms with Crippen molar-refractivity contribution < 1.29 is 9.13 Å². The Morgan fingerprint density at radius 1 is 1.50 bits per heavy atom. The molecular weight excluding hydrogens is 133 g/mol. The number of halogens is 1. The quantitative estimate of drug-likeness (QED) is 0.591. The minimum atomic E-state index is -0.336. The average molecular weight is 141 g/mol. The molecule has 0 radical (unpaired) electrons. The molecule has 1 aromatic rings. The van der Waals surface area contributed by atoms with Gasteiger partial charge in [0.1, 0.15) is 0 Å². The molecule has 1 rings (SSSR count). The highest BCUT2D eigenvalue weighted by atomic mass is 19.1. The average Bonchev–Trinajstić information content (AvgIpc) is 1.95. The highest BCUT2D eigenvalue weighted by molar-refractivity contribution is 5.25. The van der Waals surface area contributed by atoms with Gasteiger partial charge in [-0.25, -0.2) is 4.39 Å². The number of aromatic nitrogens is 1. The van der Waals surface area contributed by atoms with Gasteiger partial charge in [-0.05, 0) is 6.92 Å². The summed E-state index contributed by atoms with van der Waals surface area (Å²) in [4.78, 5) is 3.75. The van der Waals surface area contributed by atoms with Gasteiger partial charge in [0.05, 0.1) is 13.3 Å². The standard InChI is InChI=1S/C7H8FNO/c1-5-3-9-4-6(10-2)7(5)8/h3-4H,1-2H3. The zero-order valence-electron chi connectivity index (χ0n) is 5.89. The molecule has 3 heteroatoms. The van der Waals surface area contributed by atoms with Crippen LogP contribution in [-0.2, 0) is 0 Å². The van der Waals surface area contributed by atoms with Crippen molar-refractivity contribution in [3.63, 3.8) is 0 Å². The third-order valence-corrected chi connectivity index (χ3v) is 1.24. The first-order chi connectivity index (χ1) is 4.75. The van der Waals surface area contributed by atoms with Crippen molar-refractivity contribution in [1.82, 2.24) is 4.98 Å². The summed E-state index contributed by atoms with van der Waals surface area (Å²) in [6.45, 7) is 1.64. The smallest absolute Gasteiger partial charge is 0.173 e. The van der Waals surface area contributed by atoms with E-state index >= 15 is 0 Å². The third kappa shape index (κ3) is 1.07. The lowest BCUT2D eigenvalue weighted by atomic mass is 10.3. The van der Waals surface area contributed by atoms with Crippen LogP contribution >= 0.6 is 0 Å². The van der Waals surface area contributed by atoms with Crippen molar-refractivity contribution >= 4 is 0 Å². The van der Waals surface area contributed by atoms with Crippen LogP contribution in [0.3, 0.4) is 0 Å². The van der Waals surface area contributed by atoms with Crippen LogP contribution in [0.15, 0.2) is 12.4 Å². The molecule has 0 aliphatic carbocycles. The van der Waals surface area contributed by atoms with Gasteiger partial charge < -0.3 is 4.74 Å². The van der Waals surface area contributed by atoms with Crippen LogP contribution in [0, 0.1) is 12.7 Å². The molecule has 0 aliphatic rings. The van der Waals surface area contributed by atoms with Crippen molar-refractivity contribution in [1.29, 1.82) is 0 Å². The summed E-state index contributed by atoms with van der Waals surface area (Å²) >= 11 is 0. The van der Waals surface area contributed by atoms with Gasteiger partial charge in [0.2, 0.25) is 0 Å². The second-order valence-corrected chi connectivity index (χ2v) is 1.97. The second-order valence-electron chi connectivity index (χ2n) is 1.97. The molecule has 1 aromatic heterocycles. The number of aryl methyl sites for hydroxylation is 1. The highest BCUT2D eigenvalue weighted by Crippen LogP contribution is 2.16. The van der Waals surface area contributed by atoms with E-state index < -0.39 is 0 Å². The second kappa shape index (κ2) is 2.64. The summed E-state index contributed by atoms with van der Waals surface area (Å²) in [7, 11) is 1.42. The number of hydrogen-bond donors (Lipinski definition) is 0. The van der Waals surface area contributed by atoms with E-state index in [9.17, 15) is 4.39 Å². The maximum atomic E-state index is 12.8. The normalized spacial score (nSPS) is 9.50. The van der Waals surface area contributed by atoms with E-state index in [0.29, 0.717) is 5.56 Å². The van der Waals surface area contributed by atoms with Gasteiger partial charge in [0.25, 0.3) is 0 Å². The number of methoxy groups -OCH3 is 1. The van der Waals surface area contributed by atoms with Crippen molar-refractivity contribution in [2.75, 3.05) is 7.11 Å². The number of ether oxygens (including phenoxy) is 1. The molecule has 0 amide bonds. The predicted octanol–water partition coefficient (Wildman–Crippen LogP) is 1.54. The Balaban J connectivity index is 3.14. The van der Waals surface area contributed by atoms with Crippen LogP contribution in [0.5, 0.6) is 5.75 Å². The van der Waals surface area contributed by atoms with Crippen molar-refractivity contribution in [2.45, 2.75) is 6.92 Å². The van der Waals surface area contributed by atoms with E-state index in [1.807, 2.05) is 0 Å². The number of rotatable bonds is 1. The molecule has 54 valence electrons. The molecule has 2 nitrogen and oxygen atoms in total. The van der Waals surface area contributed by atoms with E-state index in [-0.39, 0.29) is 11.6 Å². The summed E-state index contributed by atoms with van der Waals surface area (Å²) in [5.41, 5.74) is 0.499.